The minimum atomic E-state index is -0.282. The highest BCUT2D eigenvalue weighted by atomic mass is 16.1. The van der Waals surface area contributed by atoms with Crippen LogP contribution in [0.5, 0.6) is 0 Å². The van der Waals surface area contributed by atoms with Gasteiger partial charge in [-0.25, -0.2) is 0 Å². The number of rotatable bonds is 3. The number of amides is 1. The molecule has 2 nitrogen and oxygen atoms in total. The normalized spacial score (nSPS) is 11.0. The molecule has 0 bridgehead atoms. The lowest BCUT2D eigenvalue weighted by atomic mass is 9.94. The van der Waals surface area contributed by atoms with Crippen LogP contribution >= 0.6 is 0 Å². The molecule has 2 heteroatoms. The van der Waals surface area contributed by atoms with Crippen molar-refractivity contribution in [1.29, 1.82) is 0 Å². The fourth-order valence-corrected chi connectivity index (χ4v) is 1.20. The van der Waals surface area contributed by atoms with E-state index in [0.29, 0.717) is 0 Å². The first-order valence-electron chi connectivity index (χ1n) is 4.35. The molecular formula is C11H15NO. The predicted molar refractivity (Wildman–Crippen MR) is 53.4 cm³/mol. The van der Waals surface area contributed by atoms with Crippen molar-refractivity contribution in [2.24, 2.45) is 0 Å². The van der Waals surface area contributed by atoms with Gasteiger partial charge in [0.2, 0.25) is 6.41 Å². The number of carbonyl (C=O) groups excluding carboxylic acids is 1. The molecule has 1 amide bonds. The number of aryl methyl sites for hydroxylation is 1. The third-order valence-electron chi connectivity index (χ3n) is 2.19. The Hall–Kier alpha value is -1.31. The average Bonchev–Trinajstić information content (AvgIpc) is 2.05. The van der Waals surface area contributed by atoms with E-state index in [-0.39, 0.29) is 5.54 Å². The van der Waals surface area contributed by atoms with Crippen molar-refractivity contribution >= 4 is 6.41 Å². The van der Waals surface area contributed by atoms with Gasteiger partial charge in [-0.3, -0.25) is 4.79 Å². The third kappa shape index (κ3) is 2.31. The molecule has 0 aliphatic carbocycles. The summed E-state index contributed by atoms with van der Waals surface area (Å²) in [4.78, 5) is 10.3. The first kappa shape index (κ1) is 9.78. The van der Waals surface area contributed by atoms with E-state index in [1.807, 2.05) is 45.0 Å². The standard InChI is InChI=1S/C11H15NO/c1-9-4-6-10(7-5-9)11(2,3)12-8-13/h4-8H,1-3H3,(H,12,13). The molecule has 0 heterocycles. The Kier molecular flexibility index (Phi) is 2.71. The first-order chi connectivity index (χ1) is 6.06. The quantitative estimate of drug-likeness (QED) is 0.703. The van der Waals surface area contributed by atoms with E-state index in [4.69, 9.17) is 0 Å². The van der Waals surface area contributed by atoms with Crippen molar-refractivity contribution < 1.29 is 4.79 Å². The van der Waals surface area contributed by atoms with Gasteiger partial charge in [0.25, 0.3) is 0 Å². The molecule has 0 aromatic heterocycles. The fourth-order valence-electron chi connectivity index (χ4n) is 1.20. The van der Waals surface area contributed by atoms with Gasteiger partial charge in [-0.05, 0) is 26.3 Å². The van der Waals surface area contributed by atoms with Crippen molar-refractivity contribution in [3.8, 4) is 0 Å². The van der Waals surface area contributed by atoms with Crippen LogP contribution < -0.4 is 5.32 Å². The topological polar surface area (TPSA) is 29.1 Å². The molecule has 0 aliphatic heterocycles. The SMILES string of the molecule is Cc1ccc(C(C)(C)NC=O)cc1. The Morgan fingerprint density at radius 3 is 2.23 bits per heavy atom. The number of hydrogen-bond donors (Lipinski definition) is 1. The molecule has 1 N–H and O–H groups in total. The number of benzene rings is 1. The summed E-state index contributed by atoms with van der Waals surface area (Å²) < 4.78 is 0. The van der Waals surface area contributed by atoms with Crippen molar-refractivity contribution in [1.82, 2.24) is 5.32 Å². The molecule has 1 rings (SSSR count). The van der Waals surface area contributed by atoms with Gasteiger partial charge in [0.05, 0.1) is 5.54 Å². The van der Waals surface area contributed by atoms with Crippen molar-refractivity contribution in [3.63, 3.8) is 0 Å². The largest absolute Gasteiger partial charge is 0.350 e. The summed E-state index contributed by atoms with van der Waals surface area (Å²) in [6.07, 6.45) is 0.736. The summed E-state index contributed by atoms with van der Waals surface area (Å²) in [5.74, 6) is 0. The highest BCUT2D eigenvalue weighted by molar-refractivity contribution is 5.49. The van der Waals surface area contributed by atoms with Gasteiger partial charge in [-0.1, -0.05) is 29.8 Å². The third-order valence-corrected chi connectivity index (χ3v) is 2.19. The molecule has 0 aliphatic rings. The minimum absolute atomic E-state index is 0.282. The zero-order valence-electron chi connectivity index (χ0n) is 8.29. The smallest absolute Gasteiger partial charge is 0.207 e. The Balaban J connectivity index is 2.93. The summed E-state index contributed by atoms with van der Waals surface area (Å²) in [5, 5.41) is 2.78. The molecule has 0 unspecified atom stereocenters. The van der Waals surface area contributed by atoms with Crippen molar-refractivity contribution in [2.45, 2.75) is 26.3 Å². The van der Waals surface area contributed by atoms with Gasteiger partial charge in [-0.15, -0.1) is 0 Å². The molecule has 0 saturated heterocycles. The first-order valence-corrected chi connectivity index (χ1v) is 4.35. The maximum atomic E-state index is 10.3. The van der Waals surface area contributed by atoms with E-state index in [9.17, 15) is 4.79 Å². The second-order valence-electron chi connectivity index (χ2n) is 3.75. The van der Waals surface area contributed by atoms with Crippen molar-refractivity contribution in [3.05, 3.63) is 35.4 Å². The number of carbonyl (C=O) groups is 1. The van der Waals surface area contributed by atoms with Crippen LogP contribution in [0.25, 0.3) is 0 Å². The van der Waals surface area contributed by atoms with Crippen LogP contribution in [0, 0.1) is 6.92 Å². The highest BCUT2D eigenvalue weighted by Gasteiger charge is 2.18. The van der Waals surface area contributed by atoms with E-state index >= 15 is 0 Å². The van der Waals surface area contributed by atoms with E-state index in [1.165, 1.54) is 5.56 Å². The van der Waals surface area contributed by atoms with E-state index in [2.05, 4.69) is 5.32 Å². The van der Waals surface area contributed by atoms with Gasteiger partial charge < -0.3 is 5.32 Å². The van der Waals surface area contributed by atoms with Gasteiger partial charge in [0.15, 0.2) is 0 Å². The molecule has 0 spiro atoms. The minimum Gasteiger partial charge on any atom is -0.350 e. The fraction of sp³-hybridized carbons (Fsp3) is 0.364. The molecule has 0 atom stereocenters. The molecule has 0 fully saturated rings. The molecule has 1 aromatic carbocycles. The summed E-state index contributed by atoms with van der Waals surface area (Å²) in [7, 11) is 0. The molecule has 0 radical (unpaired) electrons. The van der Waals surface area contributed by atoms with Gasteiger partial charge in [-0.2, -0.15) is 0 Å². The Labute approximate surface area is 79.0 Å². The second kappa shape index (κ2) is 3.60. The molecule has 0 saturated carbocycles. The van der Waals surface area contributed by atoms with E-state index in [1.54, 1.807) is 0 Å². The Morgan fingerprint density at radius 1 is 1.23 bits per heavy atom. The van der Waals surface area contributed by atoms with Gasteiger partial charge >= 0.3 is 0 Å². The second-order valence-corrected chi connectivity index (χ2v) is 3.75. The summed E-state index contributed by atoms with van der Waals surface area (Å²) in [5.41, 5.74) is 2.06. The summed E-state index contributed by atoms with van der Waals surface area (Å²) >= 11 is 0. The molecular weight excluding hydrogens is 162 g/mol. The number of nitrogens with one attached hydrogen (secondary N) is 1. The van der Waals surface area contributed by atoms with Crippen LogP contribution in [0.1, 0.15) is 25.0 Å². The van der Waals surface area contributed by atoms with E-state index in [0.717, 1.165) is 12.0 Å². The Morgan fingerprint density at radius 2 is 1.77 bits per heavy atom. The van der Waals surface area contributed by atoms with Gasteiger partial charge in [0.1, 0.15) is 0 Å². The molecule has 70 valence electrons. The lowest BCUT2D eigenvalue weighted by Gasteiger charge is -2.24. The Bertz CT molecular complexity index is 287. The predicted octanol–water partition coefficient (Wildman–Crippen LogP) is 1.98. The van der Waals surface area contributed by atoms with Crippen LogP contribution in [0.3, 0.4) is 0 Å². The van der Waals surface area contributed by atoms with E-state index < -0.39 is 0 Å². The maximum absolute atomic E-state index is 10.3. The number of hydrogen-bond acceptors (Lipinski definition) is 1. The van der Waals surface area contributed by atoms with Crippen molar-refractivity contribution in [2.75, 3.05) is 0 Å². The summed E-state index contributed by atoms with van der Waals surface area (Å²) in [6, 6.07) is 8.16. The maximum Gasteiger partial charge on any atom is 0.207 e. The monoisotopic (exact) mass is 177 g/mol. The average molecular weight is 177 g/mol. The van der Waals surface area contributed by atoms with Crippen LogP contribution in [0.2, 0.25) is 0 Å². The van der Waals surface area contributed by atoms with Crippen LogP contribution in [0.15, 0.2) is 24.3 Å². The van der Waals surface area contributed by atoms with Crippen LogP contribution in [0.4, 0.5) is 0 Å². The highest BCUT2D eigenvalue weighted by Crippen LogP contribution is 2.19. The lowest BCUT2D eigenvalue weighted by Crippen LogP contribution is -2.35. The zero-order valence-corrected chi connectivity index (χ0v) is 8.29. The zero-order chi connectivity index (χ0) is 9.90. The lowest BCUT2D eigenvalue weighted by molar-refractivity contribution is -0.111. The van der Waals surface area contributed by atoms with Gasteiger partial charge in [0, 0.05) is 0 Å². The summed E-state index contributed by atoms with van der Waals surface area (Å²) in [6.45, 7) is 6.00. The molecule has 1 aromatic rings. The van der Waals surface area contributed by atoms with Crippen LogP contribution in [-0.4, -0.2) is 6.41 Å². The molecule has 13 heavy (non-hydrogen) atoms. The van der Waals surface area contributed by atoms with Crippen LogP contribution in [-0.2, 0) is 10.3 Å².